The molecule has 0 aliphatic carbocycles. The number of benzene rings is 3. The Morgan fingerprint density at radius 3 is 2.46 bits per heavy atom. The lowest BCUT2D eigenvalue weighted by molar-refractivity contribution is -0.138. The first-order chi connectivity index (χ1) is 17.0. The molecule has 0 saturated heterocycles. The first-order valence-corrected chi connectivity index (χ1v) is 11.5. The van der Waals surface area contributed by atoms with Crippen LogP contribution in [0, 0.1) is 0 Å². The molecule has 1 aliphatic rings. The minimum absolute atomic E-state index is 0.198. The van der Waals surface area contributed by atoms with E-state index in [0.29, 0.717) is 38.9 Å². The van der Waals surface area contributed by atoms with Gasteiger partial charge in [-0.1, -0.05) is 66.2 Å². The zero-order chi connectivity index (χ0) is 24.8. The van der Waals surface area contributed by atoms with Gasteiger partial charge in [0, 0.05) is 10.6 Å². The highest BCUT2D eigenvalue weighted by Crippen LogP contribution is 2.37. The summed E-state index contributed by atoms with van der Waals surface area (Å²) in [6, 6.07) is 20.7. The molecule has 1 heterocycles. The molecule has 35 heavy (non-hydrogen) atoms. The van der Waals surface area contributed by atoms with Gasteiger partial charge in [-0.15, -0.1) is 0 Å². The van der Waals surface area contributed by atoms with Crippen molar-refractivity contribution in [2.24, 2.45) is 0 Å². The third-order valence-electron chi connectivity index (χ3n) is 5.49. The molecule has 0 fully saturated rings. The van der Waals surface area contributed by atoms with E-state index < -0.39 is 18.0 Å². The molecule has 1 atom stereocenters. The van der Waals surface area contributed by atoms with Crippen LogP contribution < -0.4 is 20.1 Å². The smallest absolute Gasteiger partial charge is 0.338 e. The third kappa shape index (κ3) is 5.41. The first kappa shape index (κ1) is 24.2. The van der Waals surface area contributed by atoms with Gasteiger partial charge in [0.05, 0.1) is 31.0 Å². The molecule has 4 rings (SSSR count). The molecule has 180 valence electrons. The summed E-state index contributed by atoms with van der Waals surface area (Å²) in [7, 11) is 1.53. The molecule has 0 unspecified atom stereocenters. The van der Waals surface area contributed by atoms with Gasteiger partial charge in [-0.2, -0.15) is 0 Å². The fraction of sp³-hybridized carbons (Fsp3) is 0.185. The maximum absolute atomic E-state index is 13.0. The lowest BCUT2D eigenvalue weighted by atomic mass is 9.92. The Bertz CT molecular complexity index is 1260. The summed E-state index contributed by atoms with van der Waals surface area (Å²) in [4.78, 5) is 25.6. The van der Waals surface area contributed by atoms with E-state index in [2.05, 4.69) is 10.6 Å². The Balaban J connectivity index is 1.71. The van der Waals surface area contributed by atoms with Gasteiger partial charge in [0.2, 0.25) is 0 Å². The van der Waals surface area contributed by atoms with Crippen molar-refractivity contribution in [3.63, 3.8) is 0 Å². The van der Waals surface area contributed by atoms with Gasteiger partial charge in [0.15, 0.2) is 11.5 Å². The molecule has 3 aromatic rings. The molecule has 8 heteroatoms. The number of nitrogens with one attached hydrogen (secondary N) is 2. The highest BCUT2D eigenvalue weighted by Gasteiger charge is 2.34. The Morgan fingerprint density at radius 1 is 1.00 bits per heavy atom. The van der Waals surface area contributed by atoms with Crippen LogP contribution in [-0.2, 0) is 16.1 Å². The van der Waals surface area contributed by atoms with E-state index in [1.807, 2.05) is 48.5 Å². The number of halogens is 1. The second-order valence-corrected chi connectivity index (χ2v) is 8.10. The zero-order valence-electron chi connectivity index (χ0n) is 19.3. The minimum Gasteiger partial charge on any atom is -0.493 e. The van der Waals surface area contributed by atoms with Crippen molar-refractivity contribution >= 4 is 29.3 Å². The molecule has 0 saturated carbocycles. The quantitative estimate of drug-likeness (QED) is 0.419. The number of carbonyl (C=O) groups excluding carboxylic acids is 2. The maximum Gasteiger partial charge on any atom is 0.338 e. The van der Waals surface area contributed by atoms with Crippen LogP contribution in [0.5, 0.6) is 11.5 Å². The van der Waals surface area contributed by atoms with Crippen molar-refractivity contribution in [1.29, 1.82) is 0 Å². The molecule has 2 N–H and O–H groups in total. The molecule has 0 bridgehead atoms. The van der Waals surface area contributed by atoms with Crippen LogP contribution in [0.1, 0.15) is 29.7 Å². The van der Waals surface area contributed by atoms with Gasteiger partial charge < -0.3 is 24.8 Å². The Kier molecular flexibility index (Phi) is 7.57. The molecular formula is C27H25ClN2O5. The van der Waals surface area contributed by atoms with Gasteiger partial charge in [0.1, 0.15) is 6.61 Å². The summed E-state index contributed by atoms with van der Waals surface area (Å²) in [5.74, 6) is 0.426. The number of amides is 2. The van der Waals surface area contributed by atoms with Crippen LogP contribution in [0.25, 0.3) is 5.70 Å². The van der Waals surface area contributed by atoms with Crippen LogP contribution in [0.15, 0.2) is 78.4 Å². The van der Waals surface area contributed by atoms with Gasteiger partial charge in [-0.25, -0.2) is 9.59 Å². The van der Waals surface area contributed by atoms with Crippen molar-refractivity contribution in [3.8, 4) is 11.5 Å². The summed E-state index contributed by atoms with van der Waals surface area (Å²) < 4.78 is 16.8. The predicted molar refractivity (Wildman–Crippen MR) is 133 cm³/mol. The average Bonchev–Trinajstić information content (AvgIpc) is 2.88. The van der Waals surface area contributed by atoms with Crippen molar-refractivity contribution in [3.05, 3.63) is 100 Å². The van der Waals surface area contributed by atoms with Crippen LogP contribution >= 0.6 is 11.6 Å². The standard InChI is InChI=1S/C27H25ClN2O5/c1-3-34-26(31)23-24(17-9-5-4-6-10-17)29-27(32)30-25(23)18-13-14-21(22(15-18)33-2)35-16-19-11-7-8-12-20(19)28/h4-15,25H,3,16H2,1-2H3,(H2,29,30,32)/t25-/m1/s1. The van der Waals surface area contributed by atoms with E-state index in [1.165, 1.54) is 7.11 Å². The molecule has 3 aromatic carbocycles. The number of methoxy groups -OCH3 is 1. The summed E-state index contributed by atoms with van der Waals surface area (Å²) in [5, 5.41) is 6.21. The maximum atomic E-state index is 13.0. The number of hydrogen-bond donors (Lipinski definition) is 2. The van der Waals surface area contributed by atoms with Crippen molar-refractivity contribution < 1.29 is 23.8 Å². The summed E-state index contributed by atoms with van der Waals surface area (Å²) in [5.41, 5.74) is 2.87. The molecule has 1 aliphatic heterocycles. The van der Waals surface area contributed by atoms with E-state index in [4.69, 9.17) is 25.8 Å². The van der Waals surface area contributed by atoms with Gasteiger partial charge in [0.25, 0.3) is 0 Å². The summed E-state index contributed by atoms with van der Waals surface area (Å²) in [6.07, 6.45) is 0. The second-order valence-electron chi connectivity index (χ2n) is 7.70. The fourth-order valence-electron chi connectivity index (χ4n) is 3.83. The Hall–Kier alpha value is -3.97. The van der Waals surface area contributed by atoms with E-state index in [1.54, 1.807) is 31.2 Å². The van der Waals surface area contributed by atoms with Gasteiger partial charge in [-0.3, -0.25) is 0 Å². The summed E-state index contributed by atoms with van der Waals surface area (Å²) >= 11 is 6.23. The Labute approximate surface area is 208 Å². The van der Waals surface area contributed by atoms with E-state index >= 15 is 0 Å². The van der Waals surface area contributed by atoms with Crippen molar-refractivity contribution in [1.82, 2.24) is 10.6 Å². The topological polar surface area (TPSA) is 85.9 Å². The van der Waals surface area contributed by atoms with E-state index in [-0.39, 0.29) is 13.2 Å². The lowest BCUT2D eigenvalue weighted by Crippen LogP contribution is -2.45. The van der Waals surface area contributed by atoms with Gasteiger partial charge >= 0.3 is 12.0 Å². The highest BCUT2D eigenvalue weighted by atomic mass is 35.5. The predicted octanol–water partition coefficient (Wildman–Crippen LogP) is 5.26. The molecule has 7 nitrogen and oxygen atoms in total. The van der Waals surface area contributed by atoms with Crippen LogP contribution in [0.4, 0.5) is 4.79 Å². The largest absolute Gasteiger partial charge is 0.493 e. The molecule has 0 radical (unpaired) electrons. The first-order valence-electron chi connectivity index (χ1n) is 11.1. The monoisotopic (exact) mass is 492 g/mol. The second kappa shape index (κ2) is 11.0. The minimum atomic E-state index is -0.760. The average molecular weight is 493 g/mol. The van der Waals surface area contributed by atoms with Crippen LogP contribution in [-0.4, -0.2) is 25.7 Å². The number of rotatable bonds is 8. The zero-order valence-corrected chi connectivity index (χ0v) is 20.1. The number of carbonyl (C=O) groups is 2. The molecule has 2 amide bonds. The van der Waals surface area contributed by atoms with Crippen molar-refractivity contribution in [2.75, 3.05) is 13.7 Å². The molecule has 0 aromatic heterocycles. The normalized spacial score (nSPS) is 15.2. The van der Waals surface area contributed by atoms with Crippen molar-refractivity contribution in [2.45, 2.75) is 19.6 Å². The summed E-state index contributed by atoms with van der Waals surface area (Å²) in [6.45, 7) is 2.19. The van der Waals surface area contributed by atoms with Crippen LogP contribution in [0.2, 0.25) is 5.02 Å². The third-order valence-corrected chi connectivity index (χ3v) is 5.86. The van der Waals surface area contributed by atoms with Gasteiger partial charge in [-0.05, 0) is 36.2 Å². The number of esters is 1. The SMILES string of the molecule is CCOC(=O)C1=C(c2ccccc2)NC(=O)N[C@@H]1c1ccc(OCc2ccccc2Cl)c(OC)c1. The number of hydrogen-bond acceptors (Lipinski definition) is 5. The number of ether oxygens (including phenoxy) is 3. The van der Waals surface area contributed by atoms with E-state index in [0.717, 1.165) is 5.56 Å². The lowest BCUT2D eigenvalue weighted by Gasteiger charge is -2.30. The number of urea groups is 1. The van der Waals surface area contributed by atoms with Crippen LogP contribution in [0.3, 0.4) is 0 Å². The van der Waals surface area contributed by atoms with E-state index in [9.17, 15) is 9.59 Å². The fourth-order valence-corrected chi connectivity index (χ4v) is 4.02. The molecule has 0 spiro atoms. The highest BCUT2D eigenvalue weighted by molar-refractivity contribution is 6.31. The Morgan fingerprint density at radius 2 is 1.74 bits per heavy atom. The molecular weight excluding hydrogens is 468 g/mol.